The van der Waals surface area contributed by atoms with E-state index in [9.17, 15) is 9.59 Å². The summed E-state index contributed by atoms with van der Waals surface area (Å²) >= 11 is 1.25. The molecular weight excluding hydrogens is 422 g/mol. The number of nitrogens with zero attached hydrogens (tertiary/aromatic N) is 5. The number of aromatic nitrogens is 4. The first kappa shape index (κ1) is 19.2. The lowest BCUT2D eigenvalue weighted by Gasteiger charge is -2.26. The molecule has 11 nitrogen and oxygen atoms in total. The highest BCUT2D eigenvalue weighted by atomic mass is 32.1. The number of primary amides is 1. The number of morpholine rings is 1. The molecule has 0 aliphatic carbocycles. The molecule has 0 bridgehead atoms. The van der Waals surface area contributed by atoms with Crippen molar-refractivity contribution >= 4 is 39.7 Å². The molecule has 1 fully saturated rings. The number of carbonyl (C=O) groups excluding carboxylic acids is 2. The SMILES string of the molecule is NC(=O)c1cc(-c2cnc(Nc3ncc(C(=O)N4CCOCC4)s3)c3nccn23)co1. The van der Waals surface area contributed by atoms with Gasteiger partial charge in [0, 0.05) is 31.0 Å². The highest BCUT2D eigenvalue weighted by molar-refractivity contribution is 7.17. The Morgan fingerprint density at radius 3 is 2.77 bits per heavy atom. The maximum atomic E-state index is 12.6. The van der Waals surface area contributed by atoms with Crippen molar-refractivity contribution in [3.63, 3.8) is 0 Å². The quantitative estimate of drug-likeness (QED) is 0.479. The van der Waals surface area contributed by atoms with Gasteiger partial charge >= 0.3 is 0 Å². The van der Waals surface area contributed by atoms with E-state index in [1.165, 1.54) is 17.6 Å². The molecule has 0 unspecified atom stereocenters. The van der Waals surface area contributed by atoms with Gasteiger partial charge in [0.2, 0.25) is 0 Å². The van der Waals surface area contributed by atoms with E-state index in [1.807, 2.05) is 0 Å². The third-order valence-electron chi connectivity index (χ3n) is 4.81. The zero-order valence-corrected chi connectivity index (χ0v) is 17.0. The second-order valence-electron chi connectivity index (χ2n) is 6.74. The van der Waals surface area contributed by atoms with Crippen molar-refractivity contribution in [1.82, 2.24) is 24.3 Å². The van der Waals surface area contributed by atoms with Gasteiger partial charge in [-0.25, -0.2) is 15.0 Å². The number of hydrogen-bond donors (Lipinski definition) is 2. The molecule has 1 saturated heterocycles. The van der Waals surface area contributed by atoms with E-state index in [2.05, 4.69) is 20.3 Å². The minimum atomic E-state index is -0.648. The highest BCUT2D eigenvalue weighted by Gasteiger charge is 2.21. The summed E-state index contributed by atoms with van der Waals surface area (Å²) in [5.74, 6) is -0.170. The molecule has 0 saturated carbocycles. The normalized spacial score (nSPS) is 14.1. The van der Waals surface area contributed by atoms with Gasteiger partial charge in [-0.1, -0.05) is 11.3 Å². The lowest BCUT2D eigenvalue weighted by molar-refractivity contribution is 0.0306. The van der Waals surface area contributed by atoms with Crippen LogP contribution in [0, 0.1) is 0 Å². The Balaban J connectivity index is 1.40. The maximum absolute atomic E-state index is 12.6. The van der Waals surface area contributed by atoms with Crippen molar-refractivity contribution < 1.29 is 18.7 Å². The number of nitrogens with one attached hydrogen (secondary N) is 1. The van der Waals surface area contributed by atoms with Gasteiger partial charge in [0.25, 0.3) is 11.8 Å². The fraction of sp³-hybridized carbons (Fsp3) is 0.211. The Labute approximate surface area is 179 Å². The second-order valence-corrected chi connectivity index (χ2v) is 7.77. The number of imidazole rings is 1. The Morgan fingerprint density at radius 1 is 1.16 bits per heavy atom. The Morgan fingerprint density at radius 2 is 2.00 bits per heavy atom. The molecule has 0 atom stereocenters. The van der Waals surface area contributed by atoms with E-state index in [0.29, 0.717) is 59.0 Å². The zero-order valence-electron chi connectivity index (χ0n) is 16.1. The summed E-state index contributed by atoms with van der Waals surface area (Å²) < 4.78 is 12.3. The molecule has 3 N–H and O–H groups in total. The van der Waals surface area contributed by atoms with Gasteiger partial charge in [0.05, 0.1) is 31.3 Å². The molecule has 0 aromatic carbocycles. The summed E-state index contributed by atoms with van der Waals surface area (Å²) in [4.78, 5) is 39.4. The molecule has 31 heavy (non-hydrogen) atoms. The van der Waals surface area contributed by atoms with E-state index >= 15 is 0 Å². The fourth-order valence-corrected chi connectivity index (χ4v) is 4.06. The van der Waals surface area contributed by atoms with Crippen LogP contribution in [0.5, 0.6) is 0 Å². The summed E-state index contributed by atoms with van der Waals surface area (Å²) in [6.07, 6.45) is 8.02. The van der Waals surface area contributed by atoms with Crippen molar-refractivity contribution in [1.29, 1.82) is 0 Å². The fourth-order valence-electron chi connectivity index (χ4n) is 3.27. The van der Waals surface area contributed by atoms with Crippen molar-refractivity contribution in [2.45, 2.75) is 0 Å². The molecular formula is C19H17N7O4S. The van der Waals surface area contributed by atoms with Gasteiger partial charge in [-0.15, -0.1) is 0 Å². The van der Waals surface area contributed by atoms with Gasteiger partial charge in [0.1, 0.15) is 11.1 Å². The average molecular weight is 439 g/mol. The number of carbonyl (C=O) groups is 2. The minimum absolute atomic E-state index is 0.0608. The van der Waals surface area contributed by atoms with Crippen LogP contribution in [0.25, 0.3) is 16.9 Å². The molecule has 158 valence electrons. The van der Waals surface area contributed by atoms with Crippen LogP contribution in [-0.4, -0.2) is 62.4 Å². The summed E-state index contributed by atoms with van der Waals surface area (Å²) in [6, 6.07) is 1.55. The van der Waals surface area contributed by atoms with Crippen LogP contribution in [0.1, 0.15) is 20.2 Å². The lowest BCUT2D eigenvalue weighted by atomic mass is 10.2. The maximum Gasteiger partial charge on any atom is 0.284 e. The van der Waals surface area contributed by atoms with Crippen LogP contribution in [0.4, 0.5) is 10.9 Å². The molecule has 2 amide bonds. The van der Waals surface area contributed by atoms with E-state index in [1.54, 1.807) is 40.2 Å². The van der Waals surface area contributed by atoms with Crippen molar-refractivity contribution in [3.05, 3.63) is 47.8 Å². The molecule has 12 heteroatoms. The molecule has 0 radical (unpaired) electrons. The van der Waals surface area contributed by atoms with Gasteiger partial charge < -0.3 is 25.1 Å². The van der Waals surface area contributed by atoms with Crippen LogP contribution < -0.4 is 11.1 Å². The number of ether oxygens (including phenoxy) is 1. The number of anilines is 2. The third-order valence-corrected chi connectivity index (χ3v) is 5.71. The van der Waals surface area contributed by atoms with E-state index in [-0.39, 0.29) is 11.7 Å². The summed E-state index contributed by atoms with van der Waals surface area (Å²) in [6.45, 7) is 2.23. The van der Waals surface area contributed by atoms with Crippen LogP contribution in [0.15, 0.2) is 41.5 Å². The minimum Gasteiger partial charge on any atom is -0.458 e. The predicted molar refractivity (Wildman–Crippen MR) is 111 cm³/mol. The largest absolute Gasteiger partial charge is 0.458 e. The van der Waals surface area contributed by atoms with Crippen molar-refractivity contribution in [3.8, 4) is 11.3 Å². The van der Waals surface area contributed by atoms with Gasteiger partial charge in [-0.2, -0.15) is 0 Å². The number of fused-ring (bicyclic) bond motifs is 1. The Hall–Kier alpha value is -3.77. The lowest BCUT2D eigenvalue weighted by Crippen LogP contribution is -2.40. The first-order valence-corrected chi connectivity index (χ1v) is 10.2. The van der Waals surface area contributed by atoms with E-state index in [4.69, 9.17) is 14.9 Å². The number of amides is 2. The van der Waals surface area contributed by atoms with Crippen LogP contribution in [0.2, 0.25) is 0 Å². The summed E-state index contributed by atoms with van der Waals surface area (Å²) in [5.41, 5.74) is 7.13. The smallest absolute Gasteiger partial charge is 0.284 e. The van der Waals surface area contributed by atoms with Gasteiger partial charge in [-0.3, -0.25) is 14.0 Å². The predicted octanol–water partition coefficient (Wildman–Crippen LogP) is 1.76. The number of rotatable bonds is 5. The van der Waals surface area contributed by atoms with Gasteiger partial charge in [-0.05, 0) is 6.07 Å². The first-order valence-electron chi connectivity index (χ1n) is 9.41. The van der Waals surface area contributed by atoms with Crippen LogP contribution in [-0.2, 0) is 4.74 Å². The molecule has 4 aromatic rings. The molecule has 5 rings (SSSR count). The third kappa shape index (κ3) is 3.62. The van der Waals surface area contributed by atoms with Crippen molar-refractivity contribution in [2.75, 3.05) is 31.6 Å². The highest BCUT2D eigenvalue weighted by Crippen LogP contribution is 2.28. The molecule has 1 aliphatic heterocycles. The monoisotopic (exact) mass is 439 g/mol. The van der Waals surface area contributed by atoms with E-state index in [0.717, 1.165) is 0 Å². The second kappa shape index (κ2) is 7.81. The standard InChI is InChI=1S/C19H17N7O4S/c20-15(27)13-7-11(10-30-13)12-8-22-16(17-21-1-2-26(12)17)24-19-23-9-14(31-19)18(28)25-3-5-29-6-4-25/h1-2,7-10H,3-6H2,(H2,20,27)(H,22,23,24). The van der Waals surface area contributed by atoms with Crippen LogP contribution in [0.3, 0.4) is 0 Å². The average Bonchev–Trinajstić information content (AvgIpc) is 3.54. The number of furan rings is 1. The summed E-state index contributed by atoms with van der Waals surface area (Å²) in [7, 11) is 0. The number of nitrogens with two attached hydrogens (primary N) is 1. The topological polar surface area (TPSA) is 141 Å². The summed E-state index contributed by atoms with van der Waals surface area (Å²) in [5, 5.41) is 3.66. The molecule has 0 spiro atoms. The number of hydrogen-bond acceptors (Lipinski definition) is 9. The zero-order chi connectivity index (χ0) is 21.4. The first-order chi connectivity index (χ1) is 15.1. The van der Waals surface area contributed by atoms with E-state index < -0.39 is 5.91 Å². The Bertz CT molecular complexity index is 1270. The van der Waals surface area contributed by atoms with Crippen LogP contribution >= 0.6 is 11.3 Å². The molecule has 5 heterocycles. The molecule has 1 aliphatic rings. The molecule has 4 aromatic heterocycles. The van der Waals surface area contributed by atoms with Crippen molar-refractivity contribution in [2.24, 2.45) is 5.73 Å². The Kier molecular flexibility index (Phi) is 4.84. The van der Waals surface area contributed by atoms with Gasteiger partial charge in [0.15, 0.2) is 22.4 Å². The number of thiazole rings is 1.